The number of hydrogen-bond acceptors (Lipinski definition) is 6. The number of amides is 1. The van der Waals surface area contributed by atoms with Gasteiger partial charge in [0.15, 0.2) is 5.82 Å². The molecule has 0 spiro atoms. The first kappa shape index (κ1) is 28.0. The summed E-state index contributed by atoms with van der Waals surface area (Å²) < 4.78 is 52.4. The van der Waals surface area contributed by atoms with Gasteiger partial charge in [0.2, 0.25) is 0 Å². The molecule has 1 N–H and O–H groups in total. The molecule has 0 saturated heterocycles. The lowest BCUT2D eigenvalue weighted by atomic mass is 10.1. The third-order valence-electron chi connectivity index (χ3n) is 5.71. The van der Waals surface area contributed by atoms with Crippen LogP contribution in [0.1, 0.15) is 52.4 Å². The molecule has 8 nitrogen and oxygen atoms in total. The fraction of sp³-hybridized carbons (Fsp3) is 0.480. The number of hydrogen-bond donors (Lipinski definition) is 1. The Morgan fingerprint density at radius 2 is 1.89 bits per heavy atom. The molecule has 1 amide bonds. The van der Waals surface area contributed by atoms with Crippen molar-refractivity contribution in [1.82, 2.24) is 25.2 Å². The summed E-state index contributed by atoms with van der Waals surface area (Å²) >= 11 is 0. The molecule has 12 heteroatoms. The van der Waals surface area contributed by atoms with Gasteiger partial charge in [-0.3, -0.25) is 4.79 Å². The summed E-state index contributed by atoms with van der Waals surface area (Å²) in [7, 11) is 0. The Labute approximate surface area is 213 Å². The number of carbonyl (C=O) groups excluding carboxylic acids is 1. The van der Waals surface area contributed by atoms with Crippen molar-refractivity contribution in [2.24, 2.45) is 9.98 Å². The van der Waals surface area contributed by atoms with E-state index >= 15 is 0 Å². The highest BCUT2D eigenvalue weighted by Gasteiger charge is 2.29. The molecule has 2 aliphatic heterocycles. The van der Waals surface area contributed by atoms with Crippen LogP contribution in [0.3, 0.4) is 0 Å². The Balaban J connectivity index is 1.80. The molecule has 1 aromatic rings. The van der Waals surface area contributed by atoms with Gasteiger partial charge in [0.1, 0.15) is 11.7 Å². The first-order chi connectivity index (χ1) is 17.7. The number of alkyl halides is 3. The molecular formula is C25H31F4N7O. The molecule has 0 bridgehead atoms. The van der Waals surface area contributed by atoms with Gasteiger partial charge < -0.3 is 10.2 Å². The van der Waals surface area contributed by atoms with Crippen molar-refractivity contribution < 1.29 is 22.4 Å². The van der Waals surface area contributed by atoms with E-state index in [-0.39, 0.29) is 54.0 Å². The van der Waals surface area contributed by atoms with Crippen LogP contribution in [0, 0.1) is 0 Å². The Bertz CT molecular complexity index is 1110. The van der Waals surface area contributed by atoms with E-state index in [1.165, 1.54) is 35.7 Å². The number of allylic oxidation sites excluding steroid dienone is 4. The zero-order chi connectivity index (χ0) is 26.8. The zero-order valence-corrected chi connectivity index (χ0v) is 20.9. The van der Waals surface area contributed by atoms with Crippen LogP contribution >= 0.6 is 0 Å². The largest absolute Gasteiger partial charge is 0.392 e. The molecule has 3 rings (SSSR count). The molecule has 0 unspecified atom stereocenters. The van der Waals surface area contributed by atoms with E-state index < -0.39 is 12.6 Å². The standard InChI is InChI=1S/C25H31F4N7O/c1-3-14-35(18(2)16-31-22-7-5-4-6-19(17-32-22)15-25(27,28)29)24(37)21-9-8-20(26)10-11-30-23(21)36-33-12-13-34-36/h4-5,8,11-13,17-18H,3,6-7,9-10,14-16H2,1-2H3,(H,31,32)/b5-4-,19-17+,20-8-,23-21-,30-11-/t18-/m0/s1. The first-order valence-corrected chi connectivity index (χ1v) is 12.2. The van der Waals surface area contributed by atoms with Gasteiger partial charge in [0, 0.05) is 50.8 Å². The SMILES string of the molecule is CCCN(C(=O)/C1=C(n2nccn2)/N=C\C/C(F)=C/C1)[C@@H](C)CN/C1=N/C=C(/CC(F)(F)F)C/C=C\C1. The van der Waals surface area contributed by atoms with Gasteiger partial charge in [0.25, 0.3) is 5.91 Å². The average Bonchev–Trinajstić information content (AvgIpc) is 3.35. The molecule has 0 radical (unpaired) electrons. The smallest absolute Gasteiger partial charge is 0.371 e. The summed E-state index contributed by atoms with van der Waals surface area (Å²) in [6, 6.07) is -0.314. The highest BCUT2D eigenvalue weighted by atomic mass is 19.4. The van der Waals surface area contributed by atoms with Gasteiger partial charge in [-0.25, -0.2) is 14.4 Å². The van der Waals surface area contributed by atoms with Crippen LogP contribution in [0.25, 0.3) is 5.82 Å². The normalized spacial score (nSPS) is 25.5. The van der Waals surface area contributed by atoms with E-state index in [2.05, 4.69) is 25.5 Å². The molecule has 0 saturated carbocycles. The van der Waals surface area contributed by atoms with Crippen LogP contribution in [-0.4, -0.2) is 63.2 Å². The van der Waals surface area contributed by atoms with E-state index in [9.17, 15) is 22.4 Å². The number of halogens is 4. The van der Waals surface area contributed by atoms with E-state index in [0.29, 0.717) is 31.8 Å². The van der Waals surface area contributed by atoms with Crippen LogP contribution in [-0.2, 0) is 4.79 Å². The third-order valence-corrected chi connectivity index (χ3v) is 5.71. The van der Waals surface area contributed by atoms with Gasteiger partial charge in [-0.15, -0.1) is 4.80 Å². The van der Waals surface area contributed by atoms with Crippen LogP contribution < -0.4 is 5.32 Å². The Hall–Kier alpha value is -3.57. The number of rotatable bonds is 8. The van der Waals surface area contributed by atoms with Crippen LogP contribution in [0.15, 0.2) is 63.8 Å². The van der Waals surface area contributed by atoms with Crippen LogP contribution in [0.4, 0.5) is 17.6 Å². The minimum absolute atomic E-state index is 0.0148. The number of nitrogens with one attached hydrogen (secondary N) is 1. The number of amidine groups is 1. The summed E-state index contributed by atoms with van der Waals surface area (Å²) in [5.74, 6) is 0.0365. The minimum atomic E-state index is -4.30. The molecule has 3 heterocycles. The van der Waals surface area contributed by atoms with Crippen LogP contribution in [0.2, 0.25) is 0 Å². The summed E-state index contributed by atoms with van der Waals surface area (Å²) in [5.41, 5.74) is 0.434. The quantitative estimate of drug-likeness (QED) is 0.387. The van der Waals surface area contributed by atoms with Crippen molar-refractivity contribution >= 4 is 23.8 Å². The highest BCUT2D eigenvalue weighted by Crippen LogP contribution is 2.27. The van der Waals surface area contributed by atoms with Crippen molar-refractivity contribution in [1.29, 1.82) is 0 Å². The number of nitrogens with zero attached hydrogens (tertiary/aromatic N) is 6. The summed E-state index contributed by atoms with van der Waals surface area (Å²) in [6.07, 6.45) is 6.46. The maximum Gasteiger partial charge on any atom is 0.392 e. The van der Waals surface area contributed by atoms with Gasteiger partial charge in [-0.1, -0.05) is 19.1 Å². The van der Waals surface area contributed by atoms with E-state index in [4.69, 9.17) is 0 Å². The lowest BCUT2D eigenvalue weighted by molar-refractivity contribution is -0.129. The topological polar surface area (TPSA) is 87.8 Å². The number of aliphatic imine (C=N–C) groups is 2. The molecule has 0 aromatic carbocycles. The molecule has 0 fully saturated rings. The molecule has 1 aromatic heterocycles. The molecule has 200 valence electrons. The van der Waals surface area contributed by atoms with Crippen molar-refractivity contribution in [3.05, 3.63) is 53.8 Å². The minimum Gasteiger partial charge on any atom is -0.371 e. The van der Waals surface area contributed by atoms with Crippen molar-refractivity contribution in [2.75, 3.05) is 13.1 Å². The summed E-state index contributed by atoms with van der Waals surface area (Å²) in [5, 5.41) is 11.4. The lowest BCUT2D eigenvalue weighted by Crippen LogP contribution is -2.46. The van der Waals surface area contributed by atoms with Crippen LogP contribution in [0.5, 0.6) is 0 Å². The average molecular weight is 522 g/mol. The fourth-order valence-corrected chi connectivity index (χ4v) is 3.87. The van der Waals surface area contributed by atoms with Gasteiger partial charge >= 0.3 is 6.18 Å². The van der Waals surface area contributed by atoms with E-state index in [0.717, 1.165) is 0 Å². The van der Waals surface area contributed by atoms with Crippen molar-refractivity contribution in [2.45, 2.75) is 64.6 Å². The number of carbonyl (C=O) groups is 1. The van der Waals surface area contributed by atoms with Gasteiger partial charge in [-0.05, 0) is 31.4 Å². The second-order valence-electron chi connectivity index (χ2n) is 8.75. The fourth-order valence-electron chi connectivity index (χ4n) is 3.87. The molecule has 0 aliphatic carbocycles. The molecule has 1 atom stereocenters. The van der Waals surface area contributed by atoms with E-state index in [1.54, 1.807) is 17.1 Å². The molecule has 2 aliphatic rings. The number of aromatic nitrogens is 3. The van der Waals surface area contributed by atoms with Gasteiger partial charge in [0.05, 0.1) is 24.4 Å². The Morgan fingerprint density at radius 3 is 2.59 bits per heavy atom. The predicted molar refractivity (Wildman–Crippen MR) is 134 cm³/mol. The third kappa shape index (κ3) is 8.50. The van der Waals surface area contributed by atoms with Gasteiger partial charge in [-0.2, -0.15) is 23.4 Å². The Morgan fingerprint density at radius 1 is 1.16 bits per heavy atom. The zero-order valence-electron chi connectivity index (χ0n) is 20.9. The lowest BCUT2D eigenvalue weighted by Gasteiger charge is -2.31. The first-order valence-electron chi connectivity index (χ1n) is 12.2. The monoisotopic (exact) mass is 521 g/mol. The summed E-state index contributed by atoms with van der Waals surface area (Å²) in [6.45, 7) is 4.55. The van der Waals surface area contributed by atoms with Crippen molar-refractivity contribution in [3.63, 3.8) is 0 Å². The van der Waals surface area contributed by atoms with E-state index in [1.807, 2.05) is 13.8 Å². The molecule has 37 heavy (non-hydrogen) atoms. The maximum atomic E-state index is 14.0. The predicted octanol–water partition coefficient (Wildman–Crippen LogP) is 4.97. The maximum absolute atomic E-state index is 14.0. The molecular weight excluding hydrogens is 490 g/mol. The van der Waals surface area contributed by atoms with Crippen molar-refractivity contribution in [3.8, 4) is 0 Å². The second-order valence-corrected chi connectivity index (χ2v) is 8.75. The summed E-state index contributed by atoms with van der Waals surface area (Å²) in [4.78, 5) is 25.1. The highest BCUT2D eigenvalue weighted by molar-refractivity contribution is 5.99. The second kappa shape index (κ2) is 13.1. The Kier molecular flexibility index (Phi) is 9.93.